The zero-order valence-corrected chi connectivity index (χ0v) is 11.1. The van der Waals surface area contributed by atoms with Crippen molar-refractivity contribution in [3.05, 3.63) is 40.2 Å². The van der Waals surface area contributed by atoms with Crippen molar-refractivity contribution in [1.82, 2.24) is 9.55 Å². The van der Waals surface area contributed by atoms with Gasteiger partial charge in [0.1, 0.15) is 11.0 Å². The van der Waals surface area contributed by atoms with Crippen molar-refractivity contribution in [2.75, 3.05) is 0 Å². The molecule has 18 heavy (non-hydrogen) atoms. The Morgan fingerprint density at radius 3 is 2.61 bits per heavy atom. The molecule has 0 radical (unpaired) electrons. The molecule has 0 bridgehead atoms. The van der Waals surface area contributed by atoms with Gasteiger partial charge in [0, 0.05) is 12.6 Å². The number of halogens is 1. The predicted octanol–water partition coefficient (Wildman–Crippen LogP) is 3.06. The number of hydrogen-bond donors (Lipinski definition) is 1. The summed E-state index contributed by atoms with van der Waals surface area (Å²) in [5.74, 6) is -0.550. The lowest BCUT2D eigenvalue weighted by Gasteiger charge is -2.07. The van der Waals surface area contributed by atoms with Crippen molar-refractivity contribution in [2.45, 2.75) is 13.8 Å². The van der Waals surface area contributed by atoms with E-state index >= 15 is 0 Å². The topological polar surface area (TPSA) is 55.1 Å². The molecule has 1 heterocycles. The molecule has 0 fully saturated rings. The smallest absolute Gasteiger partial charge is 0.357 e. The van der Waals surface area contributed by atoms with Crippen molar-refractivity contribution in [3.63, 3.8) is 0 Å². The molecular weight excluding hydrogens is 252 g/mol. The molecule has 0 aliphatic heterocycles. The second kappa shape index (κ2) is 4.46. The summed E-state index contributed by atoms with van der Waals surface area (Å²) < 4.78 is 1.59. The molecule has 0 atom stereocenters. The Hall–Kier alpha value is -1.81. The van der Waals surface area contributed by atoms with Gasteiger partial charge in [-0.3, -0.25) is 0 Å². The summed E-state index contributed by atoms with van der Waals surface area (Å²) in [4.78, 5) is 15.1. The molecule has 1 N–H and O–H groups in total. The van der Waals surface area contributed by atoms with E-state index in [0.29, 0.717) is 5.82 Å². The number of carboxylic acids is 1. The molecule has 1 aromatic carbocycles. The van der Waals surface area contributed by atoms with Crippen molar-refractivity contribution in [2.24, 2.45) is 7.05 Å². The van der Waals surface area contributed by atoms with E-state index in [2.05, 4.69) is 4.98 Å². The molecule has 0 spiro atoms. The van der Waals surface area contributed by atoms with Crippen LogP contribution in [0.4, 0.5) is 0 Å². The molecule has 0 unspecified atom stereocenters. The minimum Gasteiger partial charge on any atom is -0.476 e. The number of rotatable bonds is 2. The van der Waals surface area contributed by atoms with Crippen LogP contribution in [0.3, 0.4) is 0 Å². The first-order valence-corrected chi connectivity index (χ1v) is 5.82. The first-order valence-electron chi connectivity index (χ1n) is 5.45. The van der Waals surface area contributed by atoms with Gasteiger partial charge in [-0.05, 0) is 25.5 Å². The number of benzene rings is 1. The van der Waals surface area contributed by atoms with Crippen molar-refractivity contribution in [3.8, 4) is 11.4 Å². The van der Waals surface area contributed by atoms with E-state index in [9.17, 15) is 4.79 Å². The Morgan fingerprint density at radius 2 is 2.06 bits per heavy atom. The van der Waals surface area contributed by atoms with Crippen LogP contribution in [0.25, 0.3) is 11.4 Å². The lowest BCUT2D eigenvalue weighted by atomic mass is 10.1. The van der Waals surface area contributed by atoms with Gasteiger partial charge in [-0.1, -0.05) is 29.3 Å². The molecule has 2 rings (SSSR count). The zero-order chi connectivity index (χ0) is 13.4. The third-order valence-corrected chi connectivity index (χ3v) is 3.29. The third kappa shape index (κ3) is 1.99. The van der Waals surface area contributed by atoms with Gasteiger partial charge in [0.15, 0.2) is 5.69 Å². The van der Waals surface area contributed by atoms with Crippen molar-refractivity contribution >= 4 is 17.6 Å². The summed E-state index contributed by atoms with van der Waals surface area (Å²) >= 11 is 5.97. The molecular formula is C13H13ClN2O2. The van der Waals surface area contributed by atoms with E-state index in [1.807, 2.05) is 32.0 Å². The lowest BCUT2D eigenvalue weighted by Crippen LogP contribution is -1.97. The Kier molecular flexibility index (Phi) is 3.13. The number of carbonyl (C=O) groups is 1. The van der Waals surface area contributed by atoms with Crippen LogP contribution < -0.4 is 0 Å². The molecule has 94 valence electrons. The first-order chi connectivity index (χ1) is 8.41. The Morgan fingerprint density at radius 1 is 1.39 bits per heavy atom. The number of imidazole rings is 1. The van der Waals surface area contributed by atoms with E-state index in [-0.39, 0.29) is 10.8 Å². The molecule has 5 heteroatoms. The summed E-state index contributed by atoms with van der Waals surface area (Å²) in [5.41, 5.74) is 2.90. The Bertz CT molecular complexity index is 632. The van der Waals surface area contributed by atoms with E-state index in [1.165, 1.54) is 0 Å². The number of aryl methyl sites for hydroxylation is 2. The van der Waals surface area contributed by atoms with Crippen molar-refractivity contribution in [1.29, 1.82) is 0 Å². The van der Waals surface area contributed by atoms with Gasteiger partial charge in [0.05, 0.1) is 0 Å². The molecule has 1 aromatic heterocycles. The van der Waals surface area contributed by atoms with Crippen molar-refractivity contribution < 1.29 is 9.90 Å². The first kappa shape index (κ1) is 12.6. The quantitative estimate of drug-likeness (QED) is 0.907. The van der Waals surface area contributed by atoms with Crippen LogP contribution in [-0.2, 0) is 7.05 Å². The monoisotopic (exact) mass is 264 g/mol. The minimum atomic E-state index is -1.12. The molecule has 0 saturated heterocycles. The standard InChI is InChI=1S/C13H13ClN2O2/c1-7-4-5-8(2)9(6-7)12-15-10(13(17)18)11(14)16(12)3/h4-6H,1-3H3,(H,17,18). The molecule has 0 aliphatic rings. The minimum absolute atomic E-state index is 0.116. The van der Waals surface area contributed by atoms with Crippen LogP contribution in [-0.4, -0.2) is 20.6 Å². The molecule has 0 aliphatic carbocycles. The number of hydrogen-bond acceptors (Lipinski definition) is 2. The largest absolute Gasteiger partial charge is 0.476 e. The summed E-state index contributed by atoms with van der Waals surface area (Å²) in [7, 11) is 1.71. The lowest BCUT2D eigenvalue weighted by molar-refractivity contribution is 0.0691. The van der Waals surface area contributed by atoms with E-state index < -0.39 is 5.97 Å². The van der Waals surface area contributed by atoms with Gasteiger partial charge in [-0.15, -0.1) is 0 Å². The number of nitrogens with zero attached hydrogens (tertiary/aromatic N) is 2. The van der Waals surface area contributed by atoms with Gasteiger partial charge in [0.2, 0.25) is 0 Å². The highest BCUT2D eigenvalue weighted by Crippen LogP contribution is 2.27. The molecule has 0 amide bonds. The average Bonchev–Trinajstić information content (AvgIpc) is 2.60. The zero-order valence-electron chi connectivity index (χ0n) is 10.4. The fourth-order valence-corrected chi connectivity index (χ4v) is 2.04. The summed E-state index contributed by atoms with van der Waals surface area (Å²) in [6, 6.07) is 5.95. The predicted molar refractivity (Wildman–Crippen MR) is 70.1 cm³/mol. The molecule has 2 aromatic rings. The highest BCUT2D eigenvalue weighted by Gasteiger charge is 2.20. The summed E-state index contributed by atoms with van der Waals surface area (Å²) in [6.45, 7) is 3.93. The van der Waals surface area contributed by atoms with Gasteiger partial charge < -0.3 is 9.67 Å². The van der Waals surface area contributed by atoms with Crippen LogP contribution in [0, 0.1) is 13.8 Å². The van der Waals surface area contributed by atoms with Crippen LogP contribution in [0.2, 0.25) is 5.15 Å². The SMILES string of the molecule is Cc1ccc(C)c(-c2nc(C(=O)O)c(Cl)n2C)c1. The average molecular weight is 265 g/mol. The summed E-state index contributed by atoms with van der Waals surface area (Å²) in [5, 5.41) is 9.15. The van der Waals surface area contributed by atoms with Gasteiger partial charge in [-0.25, -0.2) is 9.78 Å². The molecule has 4 nitrogen and oxygen atoms in total. The fraction of sp³-hybridized carbons (Fsp3) is 0.231. The fourth-order valence-electron chi connectivity index (χ4n) is 1.83. The van der Waals surface area contributed by atoms with Gasteiger partial charge >= 0.3 is 5.97 Å². The van der Waals surface area contributed by atoms with E-state index in [4.69, 9.17) is 16.7 Å². The van der Waals surface area contributed by atoms with Crippen LogP contribution in [0.15, 0.2) is 18.2 Å². The van der Waals surface area contributed by atoms with E-state index in [1.54, 1.807) is 11.6 Å². The number of aromatic nitrogens is 2. The van der Waals surface area contributed by atoms with Crippen LogP contribution in [0.5, 0.6) is 0 Å². The van der Waals surface area contributed by atoms with Gasteiger partial charge in [0.25, 0.3) is 0 Å². The highest BCUT2D eigenvalue weighted by molar-refractivity contribution is 6.32. The normalized spacial score (nSPS) is 10.7. The maximum Gasteiger partial charge on any atom is 0.357 e. The maximum atomic E-state index is 11.0. The Labute approximate surface area is 110 Å². The maximum absolute atomic E-state index is 11.0. The number of aromatic carboxylic acids is 1. The molecule has 0 saturated carbocycles. The second-order valence-corrected chi connectivity index (χ2v) is 4.62. The number of carboxylic acid groups (broad SMARTS) is 1. The second-order valence-electron chi connectivity index (χ2n) is 4.26. The van der Waals surface area contributed by atoms with Crippen LogP contribution >= 0.6 is 11.6 Å². The van der Waals surface area contributed by atoms with E-state index in [0.717, 1.165) is 16.7 Å². The van der Waals surface area contributed by atoms with Gasteiger partial charge in [-0.2, -0.15) is 0 Å². The Balaban J connectivity index is 2.68. The third-order valence-electron chi connectivity index (χ3n) is 2.86. The summed E-state index contributed by atoms with van der Waals surface area (Å²) in [6.07, 6.45) is 0. The highest BCUT2D eigenvalue weighted by atomic mass is 35.5. The van der Waals surface area contributed by atoms with Crippen LogP contribution in [0.1, 0.15) is 21.6 Å².